The van der Waals surface area contributed by atoms with Crippen LogP contribution in [0.2, 0.25) is 0 Å². The molecule has 0 aliphatic carbocycles. The number of likely N-dealkylation sites (tertiary alicyclic amines) is 1. The van der Waals surface area contributed by atoms with E-state index in [0.717, 1.165) is 19.5 Å². The number of rotatable bonds is 0. The second-order valence-electron chi connectivity index (χ2n) is 2.59. The number of carbonyl (C=O) groups excluding carboxylic acids is 1. The van der Waals surface area contributed by atoms with Gasteiger partial charge in [-0.2, -0.15) is 0 Å². The Morgan fingerprint density at radius 3 is 2.67 bits per heavy atom. The van der Waals surface area contributed by atoms with Crippen molar-refractivity contribution in [3.8, 4) is 0 Å². The van der Waals surface area contributed by atoms with Gasteiger partial charge in [-0.1, -0.05) is 6.92 Å². The van der Waals surface area contributed by atoms with Crippen molar-refractivity contribution < 1.29 is 4.79 Å². The van der Waals surface area contributed by atoms with Gasteiger partial charge in [0.25, 0.3) is 0 Å². The van der Waals surface area contributed by atoms with Gasteiger partial charge in [-0.25, -0.2) is 0 Å². The summed E-state index contributed by atoms with van der Waals surface area (Å²) < 4.78 is 0. The molecule has 0 spiro atoms. The van der Waals surface area contributed by atoms with Crippen LogP contribution >= 0.6 is 11.6 Å². The van der Waals surface area contributed by atoms with Crippen LogP contribution in [0.4, 0.5) is 4.79 Å². The summed E-state index contributed by atoms with van der Waals surface area (Å²) in [7, 11) is 0. The molecule has 1 aliphatic heterocycles. The van der Waals surface area contributed by atoms with Crippen molar-refractivity contribution in [2.24, 2.45) is 5.92 Å². The standard InChI is InChI=1S/C6H10ClNO/c1-5-2-3-8(4-5)6(7)9/h5H,2-4H2,1H3/t5-/m0/s1. The molecule has 1 fully saturated rings. The van der Waals surface area contributed by atoms with Crippen LogP contribution in [-0.4, -0.2) is 23.4 Å². The van der Waals surface area contributed by atoms with E-state index in [-0.39, 0.29) is 5.37 Å². The number of halogens is 1. The second-order valence-corrected chi connectivity index (χ2v) is 2.92. The lowest BCUT2D eigenvalue weighted by Crippen LogP contribution is -2.22. The van der Waals surface area contributed by atoms with Gasteiger partial charge in [0.1, 0.15) is 0 Å². The molecule has 52 valence electrons. The molecule has 0 aromatic heterocycles. The average molecular weight is 148 g/mol. The van der Waals surface area contributed by atoms with Crippen LogP contribution in [0.5, 0.6) is 0 Å². The zero-order valence-corrected chi connectivity index (χ0v) is 6.19. The summed E-state index contributed by atoms with van der Waals surface area (Å²) in [5.74, 6) is 0.632. The van der Waals surface area contributed by atoms with Gasteiger partial charge in [-0.05, 0) is 23.9 Å². The first-order valence-corrected chi connectivity index (χ1v) is 3.52. The van der Waals surface area contributed by atoms with Crippen LogP contribution in [0, 0.1) is 5.92 Å². The molecular formula is C6H10ClNO. The van der Waals surface area contributed by atoms with Crippen molar-refractivity contribution >= 4 is 17.0 Å². The van der Waals surface area contributed by atoms with Crippen LogP contribution in [0.25, 0.3) is 0 Å². The lowest BCUT2D eigenvalue weighted by molar-refractivity contribution is 0.231. The Balaban J connectivity index is 2.39. The molecule has 1 amide bonds. The fourth-order valence-electron chi connectivity index (χ4n) is 1.09. The van der Waals surface area contributed by atoms with E-state index in [1.165, 1.54) is 0 Å². The van der Waals surface area contributed by atoms with Gasteiger partial charge in [0.15, 0.2) is 0 Å². The quantitative estimate of drug-likeness (QED) is 0.377. The van der Waals surface area contributed by atoms with Crippen molar-refractivity contribution in [1.29, 1.82) is 0 Å². The molecule has 0 aromatic rings. The zero-order chi connectivity index (χ0) is 6.85. The maximum atomic E-state index is 10.5. The van der Waals surface area contributed by atoms with E-state index in [9.17, 15) is 4.79 Å². The zero-order valence-electron chi connectivity index (χ0n) is 5.43. The Kier molecular flexibility index (Phi) is 1.96. The molecule has 1 aliphatic rings. The highest BCUT2D eigenvalue weighted by Gasteiger charge is 2.21. The lowest BCUT2D eigenvalue weighted by Gasteiger charge is -2.09. The predicted molar refractivity (Wildman–Crippen MR) is 36.6 cm³/mol. The first kappa shape index (κ1) is 6.87. The number of carbonyl (C=O) groups is 1. The minimum Gasteiger partial charge on any atom is -0.329 e. The van der Waals surface area contributed by atoms with E-state index in [4.69, 9.17) is 11.6 Å². The highest BCUT2D eigenvalue weighted by Crippen LogP contribution is 2.15. The minimum atomic E-state index is -0.306. The smallest absolute Gasteiger partial charge is 0.316 e. The molecule has 1 heterocycles. The Labute approximate surface area is 59.8 Å². The van der Waals surface area contributed by atoms with E-state index in [1.54, 1.807) is 4.90 Å². The van der Waals surface area contributed by atoms with Gasteiger partial charge < -0.3 is 4.90 Å². The summed E-state index contributed by atoms with van der Waals surface area (Å²) in [6.07, 6.45) is 1.10. The molecular weight excluding hydrogens is 138 g/mol. The molecule has 0 bridgehead atoms. The highest BCUT2D eigenvalue weighted by molar-refractivity contribution is 6.62. The molecule has 2 nitrogen and oxygen atoms in total. The van der Waals surface area contributed by atoms with Gasteiger partial charge in [0.2, 0.25) is 0 Å². The first-order valence-electron chi connectivity index (χ1n) is 3.14. The topological polar surface area (TPSA) is 20.3 Å². The third-order valence-corrected chi connectivity index (χ3v) is 1.91. The third-order valence-electron chi connectivity index (χ3n) is 1.67. The summed E-state index contributed by atoms with van der Waals surface area (Å²) in [5, 5.41) is -0.306. The lowest BCUT2D eigenvalue weighted by atomic mass is 10.2. The largest absolute Gasteiger partial charge is 0.329 e. The maximum absolute atomic E-state index is 10.5. The summed E-state index contributed by atoms with van der Waals surface area (Å²) in [6.45, 7) is 3.80. The van der Waals surface area contributed by atoms with Crippen molar-refractivity contribution in [3.05, 3.63) is 0 Å². The van der Waals surface area contributed by atoms with Crippen LogP contribution in [-0.2, 0) is 0 Å². The average Bonchev–Trinajstić information content (AvgIpc) is 2.14. The number of hydrogen-bond donors (Lipinski definition) is 0. The highest BCUT2D eigenvalue weighted by atomic mass is 35.5. The minimum absolute atomic E-state index is 0.306. The second kappa shape index (κ2) is 2.56. The van der Waals surface area contributed by atoms with Crippen LogP contribution < -0.4 is 0 Å². The van der Waals surface area contributed by atoms with E-state index < -0.39 is 0 Å². The molecule has 1 rings (SSSR count). The molecule has 0 saturated carbocycles. The summed E-state index contributed by atoms with van der Waals surface area (Å²) in [4.78, 5) is 12.2. The van der Waals surface area contributed by atoms with E-state index in [1.807, 2.05) is 0 Å². The summed E-state index contributed by atoms with van der Waals surface area (Å²) in [6, 6.07) is 0. The van der Waals surface area contributed by atoms with Gasteiger partial charge in [-0.3, -0.25) is 4.79 Å². The van der Waals surface area contributed by atoms with Crippen molar-refractivity contribution in [3.63, 3.8) is 0 Å². The Morgan fingerprint density at radius 1 is 1.78 bits per heavy atom. The SMILES string of the molecule is C[C@H]1CCN(C(=O)Cl)C1. The molecule has 0 radical (unpaired) electrons. The fraction of sp³-hybridized carbons (Fsp3) is 0.833. The first-order chi connectivity index (χ1) is 4.20. The third kappa shape index (κ3) is 1.58. The van der Waals surface area contributed by atoms with Gasteiger partial charge in [0.05, 0.1) is 0 Å². The van der Waals surface area contributed by atoms with Gasteiger partial charge in [0, 0.05) is 13.1 Å². The Hall–Kier alpha value is -0.240. The van der Waals surface area contributed by atoms with Crippen molar-refractivity contribution in [1.82, 2.24) is 4.90 Å². The normalized spacial score (nSPS) is 26.9. The van der Waals surface area contributed by atoms with Crippen LogP contribution in [0.3, 0.4) is 0 Å². The van der Waals surface area contributed by atoms with Crippen LogP contribution in [0.1, 0.15) is 13.3 Å². The predicted octanol–water partition coefficient (Wildman–Crippen LogP) is 1.69. The molecule has 1 atom stereocenters. The monoisotopic (exact) mass is 147 g/mol. The summed E-state index contributed by atoms with van der Waals surface area (Å²) >= 11 is 5.24. The van der Waals surface area contributed by atoms with E-state index in [2.05, 4.69) is 6.92 Å². The molecule has 3 heteroatoms. The maximum Gasteiger partial charge on any atom is 0.316 e. The van der Waals surface area contributed by atoms with Gasteiger partial charge >= 0.3 is 5.37 Å². The molecule has 0 unspecified atom stereocenters. The van der Waals surface area contributed by atoms with E-state index in [0.29, 0.717) is 5.92 Å². The molecule has 0 aromatic carbocycles. The van der Waals surface area contributed by atoms with Crippen LogP contribution in [0.15, 0.2) is 0 Å². The van der Waals surface area contributed by atoms with Crippen molar-refractivity contribution in [2.75, 3.05) is 13.1 Å². The number of amides is 1. The molecule has 0 N–H and O–H groups in total. The molecule has 1 saturated heterocycles. The fourth-order valence-corrected chi connectivity index (χ4v) is 1.25. The number of nitrogens with zero attached hydrogens (tertiary/aromatic N) is 1. The Bertz CT molecular complexity index is 126. The van der Waals surface area contributed by atoms with E-state index >= 15 is 0 Å². The molecule has 9 heavy (non-hydrogen) atoms. The Morgan fingerprint density at radius 2 is 2.44 bits per heavy atom. The van der Waals surface area contributed by atoms with Gasteiger partial charge in [-0.15, -0.1) is 0 Å². The summed E-state index contributed by atoms with van der Waals surface area (Å²) in [5.41, 5.74) is 0. The van der Waals surface area contributed by atoms with Crippen molar-refractivity contribution in [2.45, 2.75) is 13.3 Å². The number of hydrogen-bond acceptors (Lipinski definition) is 1.